The second-order valence-corrected chi connectivity index (χ2v) is 22.2. The molecule has 1 rings (SSSR count). The number of hydrogen-bond acceptors (Lipinski definition) is 13. The number of Topliss-reactive ketones (excluding diaryl/α,β-unsaturated/α-hetero) is 1. The fourth-order valence-corrected chi connectivity index (χ4v) is 9.73. The largest absolute Gasteiger partial charge is 0.472 e. The first kappa shape index (κ1) is 65.5. The van der Waals surface area contributed by atoms with Crippen molar-refractivity contribution in [1.82, 2.24) is 0 Å². The summed E-state index contributed by atoms with van der Waals surface area (Å²) in [6.45, 7) is 3.82. The fourth-order valence-electron chi connectivity index (χ4n) is 8.58. The van der Waals surface area contributed by atoms with Gasteiger partial charge in [0.1, 0.15) is 18.5 Å². The van der Waals surface area contributed by atoms with Crippen LogP contribution in [0.5, 0.6) is 0 Å². The third kappa shape index (κ3) is 37.8. The first-order chi connectivity index (χ1) is 33.0. The molecule has 18 heteroatoms. The van der Waals surface area contributed by atoms with Gasteiger partial charge in [0.15, 0.2) is 6.10 Å². The molecule has 0 aromatic rings. The molecule has 16 nitrogen and oxygen atoms in total. The van der Waals surface area contributed by atoms with Crippen LogP contribution >= 0.6 is 15.6 Å². The molecule has 1 fully saturated rings. The summed E-state index contributed by atoms with van der Waals surface area (Å²) in [4.78, 5) is 65.8. The van der Waals surface area contributed by atoms with E-state index in [4.69, 9.17) is 28.3 Å². The molecular formula is C51H96O16P2. The minimum Gasteiger partial charge on any atom is -0.462 e. The summed E-state index contributed by atoms with van der Waals surface area (Å²) in [6.07, 6.45) is 30.9. The van der Waals surface area contributed by atoms with Crippen LogP contribution in [0, 0.1) is 17.8 Å². The van der Waals surface area contributed by atoms with E-state index in [1.807, 2.05) is 0 Å². The Morgan fingerprint density at radius 1 is 0.638 bits per heavy atom. The van der Waals surface area contributed by atoms with Crippen molar-refractivity contribution in [2.24, 2.45) is 17.8 Å². The lowest BCUT2D eigenvalue weighted by Crippen LogP contribution is -2.30. The maximum Gasteiger partial charge on any atom is 0.472 e. The molecule has 6 N–H and O–H groups in total. The van der Waals surface area contributed by atoms with Crippen molar-refractivity contribution >= 4 is 33.4 Å². The molecule has 0 aromatic heterocycles. The number of phosphoric acid groups is 2. The van der Waals surface area contributed by atoms with Crippen molar-refractivity contribution in [3.63, 3.8) is 0 Å². The fraction of sp³-hybridized carbons (Fsp3) is 0.902. The summed E-state index contributed by atoms with van der Waals surface area (Å²) < 4.78 is 48.0. The minimum atomic E-state index is -4.90. The van der Waals surface area contributed by atoms with Crippen molar-refractivity contribution in [1.29, 1.82) is 0 Å². The molecule has 1 saturated carbocycles. The van der Waals surface area contributed by atoms with E-state index in [9.17, 15) is 43.7 Å². The normalized spacial score (nSPS) is 19.1. The predicted octanol–water partition coefficient (Wildman–Crippen LogP) is 11.3. The lowest BCUT2D eigenvalue weighted by molar-refractivity contribution is -0.161. The van der Waals surface area contributed by atoms with Gasteiger partial charge in [-0.05, 0) is 31.6 Å². The average molecular weight is 1030 g/mol. The summed E-state index contributed by atoms with van der Waals surface area (Å²) in [7, 11) is -9.77. The number of ether oxygens (including phenoxy) is 2. The highest BCUT2D eigenvalue weighted by Gasteiger charge is 2.39. The molecule has 0 heterocycles. The molecule has 8 atom stereocenters. The smallest absolute Gasteiger partial charge is 0.462 e. The zero-order valence-electron chi connectivity index (χ0n) is 42.8. The monoisotopic (exact) mass is 1030 g/mol. The Kier molecular flexibility index (Phi) is 38.8. The molecular weight excluding hydrogens is 930 g/mol. The number of phosphoric ester groups is 2. The molecule has 0 aromatic carbocycles. The van der Waals surface area contributed by atoms with Crippen LogP contribution in [-0.2, 0) is 46.6 Å². The molecule has 1 aliphatic carbocycles. The SMILES string of the molecule is CCCCC[C@H](O)/C=C/[C@H]1[C@H](O)CC(=O)[C@@H]1CCCCCCC(=O)OC[C@H](COP(=O)(O)OC[C@@H](O)COP(=O)(O)O)OC(=O)CCCCCCCCCCCCCCCCCCCCC(C)CC. The van der Waals surface area contributed by atoms with Gasteiger partial charge >= 0.3 is 27.6 Å². The zero-order valence-corrected chi connectivity index (χ0v) is 44.6. The van der Waals surface area contributed by atoms with Crippen LogP contribution in [-0.4, -0.2) is 98.6 Å². The quantitative estimate of drug-likeness (QED) is 0.0143. The number of aliphatic hydroxyl groups excluding tert-OH is 3. The molecule has 0 amide bonds. The molecule has 69 heavy (non-hydrogen) atoms. The van der Waals surface area contributed by atoms with Gasteiger partial charge in [-0.15, -0.1) is 0 Å². The molecule has 2 unspecified atom stereocenters. The van der Waals surface area contributed by atoms with Crippen molar-refractivity contribution in [3.8, 4) is 0 Å². The number of aliphatic hydroxyl groups is 3. The number of ketones is 1. The third-order valence-electron chi connectivity index (χ3n) is 13.1. The second kappa shape index (κ2) is 40.9. The standard InChI is InChI=1S/C51H96O16P2/c1-4-6-25-31-43(52)35-36-47-46(48(54)37-49(47)55)32-27-23-24-28-33-50(56)63-40-45(41-66-69(61,62)65-39-44(53)38-64-68(58,59)60)67-51(57)34-29-22-20-18-16-14-12-10-8-7-9-11-13-15-17-19-21-26-30-42(3)5-2/h35-36,42-47,49,52-53,55H,4-34,37-41H2,1-3H3,(H,61,62)(H2,58,59,60)/b36-35+/t42?,43-,44-,45+,46+,47+,49+/m0/s1. The third-order valence-corrected chi connectivity index (χ3v) is 14.5. The molecule has 0 spiro atoms. The number of carbonyl (C=O) groups excluding carboxylic acids is 3. The van der Waals surface area contributed by atoms with Gasteiger partial charge in [-0.25, -0.2) is 9.13 Å². The van der Waals surface area contributed by atoms with Crippen molar-refractivity contribution in [2.75, 3.05) is 26.4 Å². The maximum absolute atomic E-state index is 12.8. The Bertz CT molecular complexity index is 1440. The van der Waals surface area contributed by atoms with E-state index in [0.717, 1.165) is 57.3 Å². The Balaban J connectivity index is 2.41. The predicted molar refractivity (Wildman–Crippen MR) is 268 cm³/mol. The van der Waals surface area contributed by atoms with E-state index in [1.165, 1.54) is 96.3 Å². The molecule has 0 bridgehead atoms. The minimum absolute atomic E-state index is 0.0145. The number of hydrogen-bond donors (Lipinski definition) is 6. The second-order valence-electron chi connectivity index (χ2n) is 19.5. The summed E-state index contributed by atoms with van der Waals surface area (Å²) in [5.74, 6) is -0.943. The number of unbranched alkanes of at least 4 members (excludes halogenated alkanes) is 22. The van der Waals surface area contributed by atoms with E-state index < -0.39 is 78.4 Å². The lowest BCUT2D eigenvalue weighted by atomic mass is 9.88. The highest BCUT2D eigenvalue weighted by molar-refractivity contribution is 7.47. The average Bonchev–Trinajstić information content (AvgIpc) is 3.57. The van der Waals surface area contributed by atoms with Crippen molar-refractivity contribution in [3.05, 3.63) is 12.2 Å². The van der Waals surface area contributed by atoms with E-state index in [-0.39, 0.29) is 36.9 Å². The van der Waals surface area contributed by atoms with Gasteiger partial charge < -0.3 is 39.5 Å². The number of rotatable bonds is 47. The van der Waals surface area contributed by atoms with Gasteiger partial charge in [-0.3, -0.25) is 28.0 Å². The highest BCUT2D eigenvalue weighted by atomic mass is 31.2. The van der Waals surface area contributed by atoms with Gasteiger partial charge in [-0.2, -0.15) is 0 Å². The topological polar surface area (TPSA) is 253 Å². The van der Waals surface area contributed by atoms with E-state index in [1.54, 1.807) is 12.2 Å². The summed E-state index contributed by atoms with van der Waals surface area (Å²) in [6, 6.07) is 0. The van der Waals surface area contributed by atoms with Crippen LogP contribution in [0.25, 0.3) is 0 Å². The molecule has 406 valence electrons. The number of carbonyl (C=O) groups is 3. The van der Waals surface area contributed by atoms with Gasteiger partial charge in [0.2, 0.25) is 0 Å². The van der Waals surface area contributed by atoms with E-state index >= 15 is 0 Å². The van der Waals surface area contributed by atoms with E-state index in [2.05, 4.69) is 25.3 Å². The maximum atomic E-state index is 12.8. The zero-order chi connectivity index (χ0) is 51.2. The molecule has 0 aliphatic heterocycles. The Morgan fingerprint density at radius 3 is 1.65 bits per heavy atom. The van der Waals surface area contributed by atoms with Crippen LogP contribution in [0.4, 0.5) is 0 Å². The highest BCUT2D eigenvalue weighted by Crippen LogP contribution is 2.44. The van der Waals surface area contributed by atoms with Gasteiger partial charge in [-0.1, -0.05) is 193 Å². The van der Waals surface area contributed by atoms with Crippen LogP contribution in [0.2, 0.25) is 0 Å². The van der Waals surface area contributed by atoms with Crippen LogP contribution in [0.3, 0.4) is 0 Å². The first-order valence-electron chi connectivity index (χ1n) is 26.9. The molecule has 0 radical (unpaired) electrons. The number of esters is 2. The molecule has 0 saturated heterocycles. The van der Waals surface area contributed by atoms with Crippen molar-refractivity contribution in [2.45, 2.75) is 251 Å². The Labute approximate surface area is 415 Å². The lowest BCUT2D eigenvalue weighted by Gasteiger charge is -2.20. The van der Waals surface area contributed by atoms with Crippen LogP contribution in [0.1, 0.15) is 226 Å². The van der Waals surface area contributed by atoms with Crippen molar-refractivity contribution < 1.29 is 76.6 Å². The molecule has 1 aliphatic rings. The van der Waals surface area contributed by atoms with Crippen LogP contribution in [0.15, 0.2) is 12.2 Å². The first-order valence-corrected chi connectivity index (χ1v) is 29.9. The van der Waals surface area contributed by atoms with Gasteiger partial charge in [0.05, 0.1) is 32.0 Å². The summed E-state index contributed by atoms with van der Waals surface area (Å²) in [5.41, 5.74) is 0. The van der Waals surface area contributed by atoms with Gasteiger partial charge in [0.25, 0.3) is 0 Å². The van der Waals surface area contributed by atoms with Gasteiger partial charge in [0, 0.05) is 31.1 Å². The van der Waals surface area contributed by atoms with E-state index in [0.29, 0.717) is 38.5 Å². The Hall–Kier alpha value is -1.55. The summed E-state index contributed by atoms with van der Waals surface area (Å²) >= 11 is 0. The van der Waals surface area contributed by atoms with Crippen LogP contribution < -0.4 is 0 Å². The summed E-state index contributed by atoms with van der Waals surface area (Å²) in [5, 5.41) is 30.6. The Morgan fingerprint density at radius 2 is 1.12 bits per heavy atom.